The highest BCUT2D eigenvalue weighted by atomic mass is 32.1. The number of para-hydroxylation sites is 1. The third-order valence-corrected chi connectivity index (χ3v) is 3.05. The fourth-order valence-electron chi connectivity index (χ4n) is 1.35. The summed E-state index contributed by atoms with van der Waals surface area (Å²) in [7, 11) is 3.53. The van der Waals surface area contributed by atoms with E-state index in [0.29, 0.717) is 4.80 Å². The number of thiazole rings is 1. The molecule has 1 aromatic heterocycles. The predicted octanol–water partition coefficient (Wildman–Crippen LogP) is 1.73. The first-order chi connectivity index (χ1) is 6.24. The van der Waals surface area contributed by atoms with E-state index in [1.807, 2.05) is 29.8 Å². The molecule has 0 amide bonds. The first-order valence-electron chi connectivity index (χ1n) is 3.91. The number of hydrogen-bond acceptors (Lipinski definition) is 3. The van der Waals surface area contributed by atoms with Crippen molar-refractivity contribution in [3.8, 4) is 5.75 Å². The van der Waals surface area contributed by atoms with E-state index in [0.717, 1.165) is 16.0 Å². The fourth-order valence-corrected chi connectivity index (χ4v) is 2.27. The Labute approximate surface area is 79.7 Å². The summed E-state index contributed by atoms with van der Waals surface area (Å²) in [5, 5.41) is 7.65. The lowest BCUT2D eigenvalue weighted by atomic mass is 10.3. The lowest BCUT2D eigenvalue weighted by molar-refractivity contribution is 0.417. The zero-order valence-electron chi connectivity index (χ0n) is 7.50. The Bertz CT molecular complexity index is 498. The number of aryl methyl sites for hydroxylation is 1. The van der Waals surface area contributed by atoms with Gasteiger partial charge in [0, 0.05) is 7.05 Å². The maximum atomic E-state index is 7.65. The van der Waals surface area contributed by atoms with Crippen molar-refractivity contribution < 1.29 is 4.74 Å². The van der Waals surface area contributed by atoms with Crippen molar-refractivity contribution in [1.29, 1.82) is 5.41 Å². The summed E-state index contributed by atoms with van der Waals surface area (Å²) in [5.41, 5.74) is 1.00. The summed E-state index contributed by atoms with van der Waals surface area (Å²) in [4.78, 5) is 0.541. The van der Waals surface area contributed by atoms with Crippen molar-refractivity contribution in [2.24, 2.45) is 7.05 Å². The van der Waals surface area contributed by atoms with Crippen LogP contribution in [0.3, 0.4) is 0 Å². The van der Waals surface area contributed by atoms with E-state index in [-0.39, 0.29) is 0 Å². The molecular formula is C9H10N2OS. The second-order valence-corrected chi connectivity index (χ2v) is 3.80. The Morgan fingerprint density at radius 2 is 2.23 bits per heavy atom. The van der Waals surface area contributed by atoms with Crippen molar-refractivity contribution in [3.63, 3.8) is 0 Å². The third-order valence-electron chi connectivity index (χ3n) is 2.03. The van der Waals surface area contributed by atoms with Crippen molar-refractivity contribution >= 4 is 21.6 Å². The van der Waals surface area contributed by atoms with E-state index in [1.54, 1.807) is 7.11 Å². The van der Waals surface area contributed by atoms with Crippen LogP contribution in [0.5, 0.6) is 5.75 Å². The van der Waals surface area contributed by atoms with Crippen LogP contribution in [0.15, 0.2) is 18.2 Å². The molecule has 1 heterocycles. The molecule has 4 heteroatoms. The van der Waals surface area contributed by atoms with Gasteiger partial charge in [0.25, 0.3) is 0 Å². The maximum Gasteiger partial charge on any atom is 0.182 e. The van der Waals surface area contributed by atoms with Gasteiger partial charge in [-0.15, -0.1) is 0 Å². The second-order valence-electron chi connectivity index (χ2n) is 2.77. The highest BCUT2D eigenvalue weighted by Gasteiger charge is 2.06. The van der Waals surface area contributed by atoms with Crippen LogP contribution in [-0.4, -0.2) is 11.7 Å². The molecule has 0 aliphatic heterocycles. The number of methoxy groups -OCH3 is 1. The molecule has 0 aliphatic carbocycles. The molecule has 0 saturated carbocycles. The predicted molar refractivity (Wildman–Crippen MR) is 53.2 cm³/mol. The zero-order valence-corrected chi connectivity index (χ0v) is 8.31. The van der Waals surface area contributed by atoms with E-state index in [1.165, 1.54) is 11.3 Å². The van der Waals surface area contributed by atoms with Gasteiger partial charge in [-0.25, -0.2) is 0 Å². The largest absolute Gasteiger partial charge is 0.495 e. The molecule has 0 unspecified atom stereocenters. The van der Waals surface area contributed by atoms with Crippen molar-refractivity contribution in [2.45, 2.75) is 0 Å². The minimum atomic E-state index is 0.541. The average molecular weight is 194 g/mol. The molecule has 0 aliphatic rings. The maximum absolute atomic E-state index is 7.65. The van der Waals surface area contributed by atoms with Gasteiger partial charge in [0.05, 0.1) is 11.8 Å². The fraction of sp³-hybridized carbons (Fsp3) is 0.222. The molecule has 0 bridgehead atoms. The normalized spacial score (nSPS) is 10.6. The minimum Gasteiger partial charge on any atom is -0.495 e. The molecule has 3 nitrogen and oxygen atoms in total. The first-order valence-corrected chi connectivity index (χ1v) is 4.73. The Kier molecular flexibility index (Phi) is 1.84. The van der Waals surface area contributed by atoms with Crippen LogP contribution in [0.4, 0.5) is 0 Å². The summed E-state index contributed by atoms with van der Waals surface area (Å²) in [6.45, 7) is 0. The summed E-state index contributed by atoms with van der Waals surface area (Å²) in [6, 6.07) is 5.85. The van der Waals surface area contributed by atoms with Gasteiger partial charge in [-0.05, 0) is 12.1 Å². The van der Waals surface area contributed by atoms with E-state index >= 15 is 0 Å². The van der Waals surface area contributed by atoms with Gasteiger partial charge in [0.2, 0.25) is 0 Å². The molecule has 2 aromatic rings. The number of aromatic nitrogens is 1. The Hall–Kier alpha value is -1.29. The van der Waals surface area contributed by atoms with Crippen LogP contribution < -0.4 is 9.54 Å². The molecule has 1 aromatic carbocycles. The lowest BCUT2D eigenvalue weighted by Gasteiger charge is -2.02. The van der Waals surface area contributed by atoms with E-state index in [2.05, 4.69) is 0 Å². The molecule has 0 fully saturated rings. The van der Waals surface area contributed by atoms with Gasteiger partial charge in [-0.2, -0.15) is 0 Å². The third kappa shape index (κ3) is 1.14. The molecule has 1 N–H and O–H groups in total. The second kappa shape index (κ2) is 2.88. The standard InChI is InChI=1S/C9H10N2OS/c1-11-8-6(12-2)4-3-5-7(8)13-9(11)10/h3-5,10H,1-2H3. The number of benzene rings is 1. The number of fused-ring (bicyclic) bond motifs is 1. The Morgan fingerprint density at radius 3 is 2.92 bits per heavy atom. The summed E-state index contributed by atoms with van der Waals surface area (Å²) < 4.78 is 8.15. The van der Waals surface area contributed by atoms with Gasteiger partial charge in [-0.1, -0.05) is 17.4 Å². The van der Waals surface area contributed by atoms with E-state index in [4.69, 9.17) is 10.1 Å². The minimum absolute atomic E-state index is 0.541. The highest BCUT2D eigenvalue weighted by molar-refractivity contribution is 7.16. The summed E-state index contributed by atoms with van der Waals surface area (Å²) in [5.74, 6) is 0.828. The molecule has 0 atom stereocenters. The van der Waals surface area contributed by atoms with E-state index in [9.17, 15) is 0 Å². The summed E-state index contributed by atoms with van der Waals surface area (Å²) in [6.07, 6.45) is 0. The van der Waals surface area contributed by atoms with Gasteiger partial charge < -0.3 is 9.30 Å². The highest BCUT2D eigenvalue weighted by Crippen LogP contribution is 2.25. The van der Waals surface area contributed by atoms with Gasteiger partial charge in [0.1, 0.15) is 11.3 Å². The molecule has 0 radical (unpaired) electrons. The van der Waals surface area contributed by atoms with Crippen LogP contribution in [-0.2, 0) is 7.05 Å². The van der Waals surface area contributed by atoms with Crippen LogP contribution in [0, 0.1) is 5.41 Å². The summed E-state index contributed by atoms with van der Waals surface area (Å²) >= 11 is 1.46. The number of hydrogen-bond donors (Lipinski definition) is 1. The van der Waals surface area contributed by atoms with Crippen LogP contribution in [0.25, 0.3) is 10.2 Å². The quantitative estimate of drug-likeness (QED) is 0.737. The molecule has 68 valence electrons. The smallest absolute Gasteiger partial charge is 0.182 e. The van der Waals surface area contributed by atoms with Crippen LogP contribution >= 0.6 is 11.3 Å². The van der Waals surface area contributed by atoms with Crippen molar-refractivity contribution in [1.82, 2.24) is 4.57 Å². The number of rotatable bonds is 1. The molecule has 2 rings (SSSR count). The number of ether oxygens (including phenoxy) is 1. The molecular weight excluding hydrogens is 184 g/mol. The van der Waals surface area contributed by atoms with Gasteiger partial charge in [0.15, 0.2) is 4.80 Å². The average Bonchev–Trinajstić information content (AvgIpc) is 2.43. The van der Waals surface area contributed by atoms with Crippen LogP contribution in [0.1, 0.15) is 0 Å². The zero-order chi connectivity index (χ0) is 9.42. The topological polar surface area (TPSA) is 38.0 Å². The van der Waals surface area contributed by atoms with Gasteiger partial charge >= 0.3 is 0 Å². The number of nitrogens with zero attached hydrogens (tertiary/aromatic N) is 1. The van der Waals surface area contributed by atoms with Crippen molar-refractivity contribution in [3.05, 3.63) is 23.0 Å². The number of nitrogens with one attached hydrogen (secondary N) is 1. The Morgan fingerprint density at radius 1 is 1.46 bits per heavy atom. The lowest BCUT2D eigenvalue weighted by Crippen LogP contribution is -2.07. The SMILES string of the molecule is COc1cccc2sc(=N)n(C)c12. The molecule has 0 saturated heterocycles. The van der Waals surface area contributed by atoms with Gasteiger partial charge in [-0.3, -0.25) is 5.41 Å². The Balaban J connectivity index is 2.95. The molecule has 0 spiro atoms. The van der Waals surface area contributed by atoms with E-state index < -0.39 is 0 Å². The first kappa shape index (κ1) is 8.31. The monoisotopic (exact) mass is 194 g/mol. The van der Waals surface area contributed by atoms with Crippen LogP contribution in [0.2, 0.25) is 0 Å². The van der Waals surface area contributed by atoms with Crippen molar-refractivity contribution in [2.75, 3.05) is 7.11 Å². The molecule has 13 heavy (non-hydrogen) atoms.